The van der Waals surface area contributed by atoms with Crippen LogP contribution < -0.4 is 0 Å². The van der Waals surface area contributed by atoms with E-state index < -0.39 is 9.84 Å². The first-order valence-corrected chi connectivity index (χ1v) is 10.2. The molecule has 3 aromatic carbocycles. The van der Waals surface area contributed by atoms with Crippen molar-refractivity contribution in [3.8, 4) is 11.1 Å². The average Bonchev–Trinajstić information content (AvgIpc) is 3.00. The highest BCUT2D eigenvalue weighted by Crippen LogP contribution is 2.49. The smallest absolute Gasteiger partial charge is 0.208 e. The van der Waals surface area contributed by atoms with Gasteiger partial charge in [-0.3, -0.25) is 0 Å². The lowest BCUT2D eigenvalue weighted by atomic mass is 10.0. The Morgan fingerprint density at radius 2 is 1.50 bits per heavy atom. The van der Waals surface area contributed by atoms with E-state index in [2.05, 4.69) is 31.9 Å². The molecule has 0 fully saturated rings. The number of hydrogen-bond donors (Lipinski definition) is 0. The number of sulfone groups is 1. The summed E-state index contributed by atoms with van der Waals surface area (Å²) in [6, 6.07) is 14.7. The van der Waals surface area contributed by atoms with Crippen molar-refractivity contribution in [2.75, 3.05) is 0 Å². The second-order valence-electron chi connectivity index (χ2n) is 5.70. The van der Waals surface area contributed by atoms with Crippen LogP contribution in [0.5, 0.6) is 0 Å². The predicted molar refractivity (Wildman–Crippen MR) is 100 cm³/mol. The van der Waals surface area contributed by atoms with Gasteiger partial charge in [-0.1, -0.05) is 37.9 Å². The van der Waals surface area contributed by atoms with Crippen LogP contribution in [0.4, 0.5) is 0 Å². The third kappa shape index (κ3) is 1.79. The second kappa shape index (κ2) is 4.71. The van der Waals surface area contributed by atoms with Gasteiger partial charge in [-0.25, -0.2) is 8.42 Å². The molecule has 118 valence electrons. The Kier molecular flexibility index (Phi) is 2.89. The minimum atomic E-state index is -3.59. The van der Waals surface area contributed by atoms with Gasteiger partial charge < -0.3 is 4.42 Å². The Bertz CT molecular complexity index is 1290. The van der Waals surface area contributed by atoms with E-state index in [1.807, 2.05) is 42.5 Å². The van der Waals surface area contributed by atoms with E-state index >= 15 is 0 Å². The number of benzene rings is 3. The van der Waals surface area contributed by atoms with Crippen LogP contribution in [0.1, 0.15) is 0 Å². The summed E-state index contributed by atoms with van der Waals surface area (Å²) >= 11 is 6.79. The molecule has 5 rings (SSSR count). The van der Waals surface area contributed by atoms with E-state index in [1.54, 1.807) is 6.07 Å². The lowest BCUT2D eigenvalue weighted by Crippen LogP contribution is -1.97. The largest absolute Gasteiger partial charge is 0.456 e. The van der Waals surface area contributed by atoms with E-state index in [9.17, 15) is 8.42 Å². The van der Waals surface area contributed by atoms with Crippen molar-refractivity contribution in [2.24, 2.45) is 0 Å². The zero-order chi connectivity index (χ0) is 16.6. The molecule has 0 unspecified atom stereocenters. The van der Waals surface area contributed by atoms with Gasteiger partial charge in [0.05, 0.1) is 9.79 Å². The van der Waals surface area contributed by atoms with Gasteiger partial charge in [0.25, 0.3) is 0 Å². The van der Waals surface area contributed by atoms with Crippen molar-refractivity contribution in [2.45, 2.75) is 9.79 Å². The molecular formula is C18H8Br2O3S. The molecule has 0 N–H and O–H groups in total. The molecule has 0 atom stereocenters. The molecule has 0 spiro atoms. The summed E-state index contributed by atoms with van der Waals surface area (Å²) in [6.07, 6.45) is 0. The summed E-state index contributed by atoms with van der Waals surface area (Å²) < 4.78 is 33.9. The van der Waals surface area contributed by atoms with Crippen molar-refractivity contribution in [1.82, 2.24) is 0 Å². The molecule has 0 bridgehead atoms. The van der Waals surface area contributed by atoms with E-state index in [0.29, 0.717) is 26.3 Å². The zero-order valence-electron chi connectivity index (χ0n) is 12.0. The number of hydrogen-bond acceptors (Lipinski definition) is 3. The highest BCUT2D eigenvalue weighted by Gasteiger charge is 2.36. The minimum Gasteiger partial charge on any atom is -0.456 e. The summed E-state index contributed by atoms with van der Waals surface area (Å²) in [7, 11) is -3.59. The molecule has 0 aliphatic carbocycles. The molecule has 0 amide bonds. The molecule has 4 aromatic rings. The molecule has 6 heteroatoms. The Morgan fingerprint density at radius 3 is 2.33 bits per heavy atom. The topological polar surface area (TPSA) is 47.3 Å². The summed E-state index contributed by atoms with van der Waals surface area (Å²) in [5.74, 6) is 0. The van der Waals surface area contributed by atoms with Gasteiger partial charge in [0, 0.05) is 30.8 Å². The van der Waals surface area contributed by atoms with Gasteiger partial charge in [0.1, 0.15) is 11.2 Å². The van der Waals surface area contributed by atoms with Crippen molar-refractivity contribution >= 4 is 63.6 Å². The Morgan fingerprint density at radius 1 is 0.792 bits per heavy atom. The molecule has 0 radical (unpaired) electrons. The van der Waals surface area contributed by atoms with Gasteiger partial charge in [-0.15, -0.1) is 0 Å². The predicted octanol–water partition coefficient (Wildman–Crippen LogP) is 5.92. The van der Waals surface area contributed by atoms with E-state index in [4.69, 9.17) is 4.42 Å². The number of fused-ring (bicyclic) bond motifs is 7. The summed E-state index contributed by atoms with van der Waals surface area (Å²) in [5, 5.41) is 1.46. The van der Waals surface area contributed by atoms with Crippen molar-refractivity contribution in [3.63, 3.8) is 0 Å². The van der Waals surface area contributed by atoms with Crippen LogP contribution in [0.15, 0.2) is 71.7 Å². The fourth-order valence-electron chi connectivity index (χ4n) is 3.35. The zero-order valence-corrected chi connectivity index (χ0v) is 16.0. The van der Waals surface area contributed by atoms with Gasteiger partial charge in [0.15, 0.2) is 0 Å². The van der Waals surface area contributed by atoms with Crippen LogP contribution in [-0.4, -0.2) is 8.42 Å². The fourth-order valence-corrected chi connectivity index (χ4v) is 6.12. The highest BCUT2D eigenvalue weighted by molar-refractivity contribution is 9.10. The van der Waals surface area contributed by atoms with Gasteiger partial charge in [-0.2, -0.15) is 0 Å². The average molecular weight is 464 g/mol. The fraction of sp³-hybridized carbons (Fsp3) is 0. The molecule has 3 nitrogen and oxygen atoms in total. The van der Waals surface area contributed by atoms with E-state index in [0.717, 1.165) is 25.5 Å². The Labute approximate surface area is 154 Å². The third-order valence-corrected chi connectivity index (χ3v) is 7.21. The maximum Gasteiger partial charge on any atom is 0.208 e. The molecule has 24 heavy (non-hydrogen) atoms. The molecule has 0 saturated heterocycles. The first-order chi connectivity index (χ1) is 11.5. The lowest BCUT2D eigenvalue weighted by Gasteiger charge is -2.01. The number of rotatable bonds is 0. The van der Waals surface area contributed by atoms with E-state index in [-0.39, 0.29) is 0 Å². The molecular weight excluding hydrogens is 456 g/mol. The molecule has 2 heterocycles. The van der Waals surface area contributed by atoms with Crippen LogP contribution in [0.25, 0.3) is 33.1 Å². The quantitative estimate of drug-likeness (QED) is 0.286. The maximum atomic E-state index is 13.2. The Balaban J connectivity index is 2.02. The summed E-state index contributed by atoms with van der Waals surface area (Å²) in [6.45, 7) is 0. The van der Waals surface area contributed by atoms with Crippen LogP contribution >= 0.6 is 31.9 Å². The van der Waals surface area contributed by atoms with Gasteiger partial charge in [0.2, 0.25) is 9.84 Å². The van der Waals surface area contributed by atoms with Crippen LogP contribution in [0.3, 0.4) is 0 Å². The van der Waals surface area contributed by atoms with Gasteiger partial charge in [-0.05, 0) is 42.5 Å². The third-order valence-electron chi connectivity index (χ3n) is 4.34. The van der Waals surface area contributed by atoms with Crippen LogP contribution in [-0.2, 0) is 9.84 Å². The highest BCUT2D eigenvalue weighted by atomic mass is 79.9. The van der Waals surface area contributed by atoms with Crippen molar-refractivity contribution in [3.05, 3.63) is 57.5 Å². The minimum absolute atomic E-state index is 0.339. The number of furan rings is 1. The van der Waals surface area contributed by atoms with Gasteiger partial charge >= 0.3 is 0 Å². The molecule has 1 aliphatic rings. The second-order valence-corrected chi connectivity index (χ2v) is 9.39. The SMILES string of the molecule is O=S1(=O)c2cc(Br)ccc2-c2ccc3oc4cc(Br)ccc4c3c21. The van der Waals surface area contributed by atoms with E-state index in [1.165, 1.54) is 0 Å². The lowest BCUT2D eigenvalue weighted by molar-refractivity contribution is 0.599. The first kappa shape index (κ1) is 14.7. The standard InChI is InChI=1S/C18H8Br2O3S/c19-9-2-4-13-15(7-9)23-14-6-5-12-11-3-1-10(20)8-16(11)24(21,22)18(12)17(13)14/h1-8H. The number of halogens is 2. The normalized spacial score (nSPS) is 14.9. The first-order valence-electron chi connectivity index (χ1n) is 7.16. The monoisotopic (exact) mass is 462 g/mol. The molecule has 1 aromatic heterocycles. The van der Waals surface area contributed by atoms with Crippen molar-refractivity contribution in [1.29, 1.82) is 0 Å². The molecule has 1 aliphatic heterocycles. The Hall–Kier alpha value is -1.63. The molecule has 0 saturated carbocycles. The summed E-state index contributed by atoms with van der Waals surface area (Å²) in [5.41, 5.74) is 2.72. The summed E-state index contributed by atoms with van der Waals surface area (Å²) in [4.78, 5) is 0.681. The van der Waals surface area contributed by atoms with Crippen molar-refractivity contribution < 1.29 is 12.8 Å². The van der Waals surface area contributed by atoms with Crippen LogP contribution in [0, 0.1) is 0 Å². The van der Waals surface area contributed by atoms with Crippen LogP contribution in [0.2, 0.25) is 0 Å². The maximum absolute atomic E-state index is 13.2.